The van der Waals surface area contributed by atoms with Crippen LogP contribution in [0.25, 0.3) is 0 Å². The maximum Gasteiger partial charge on any atom is 0.156 e. The van der Waals surface area contributed by atoms with Crippen LogP contribution in [0.5, 0.6) is 0 Å². The van der Waals surface area contributed by atoms with Crippen LogP contribution in [0.2, 0.25) is 0 Å². The quantitative estimate of drug-likeness (QED) is 0.440. The molecule has 1 saturated heterocycles. The number of hydrogen-bond donors (Lipinski definition) is 2. The Morgan fingerprint density at radius 1 is 1.67 bits per heavy atom. The molecule has 1 heterocycles. The lowest BCUT2D eigenvalue weighted by Gasteiger charge is -2.12. The Labute approximate surface area is 76.4 Å². The van der Waals surface area contributed by atoms with E-state index in [1.54, 1.807) is 7.05 Å². The number of aliphatic imine (C=N–C) groups is 1. The number of ether oxygens (including phenoxy) is 1. The van der Waals surface area contributed by atoms with Gasteiger partial charge in [-0.25, -0.2) is 0 Å². The molecular formula is C7H14N2O2S. The molecule has 0 spiro atoms. The summed E-state index contributed by atoms with van der Waals surface area (Å²) in [6.45, 7) is 1.05. The molecule has 0 aromatic rings. The Balaban J connectivity index is 2.39. The molecule has 1 fully saturated rings. The molecule has 5 heteroatoms. The predicted octanol–water partition coefficient (Wildman–Crippen LogP) is -0.316. The highest BCUT2D eigenvalue weighted by atomic mass is 32.2. The Morgan fingerprint density at radius 2 is 2.42 bits per heavy atom. The second-order valence-electron chi connectivity index (χ2n) is 2.54. The van der Waals surface area contributed by atoms with Crippen molar-refractivity contribution in [2.24, 2.45) is 4.99 Å². The maximum atomic E-state index is 9.40. The van der Waals surface area contributed by atoms with Gasteiger partial charge in [0.2, 0.25) is 0 Å². The molecule has 70 valence electrons. The van der Waals surface area contributed by atoms with Crippen molar-refractivity contribution < 1.29 is 9.84 Å². The van der Waals surface area contributed by atoms with Crippen LogP contribution in [0.1, 0.15) is 0 Å². The molecule has 0 aromatic carbocycles. The average Bonchev–Trinajstić information content (AvgIpc) is 2.47. The van der Waals surface area contributed by atoms with Crippen LogP contribution in [0.15, 0.2) is 4.99 Å². The number of aliphatic hydroxyl groups excluding tert-OH is 1. The van der Waals surface area contributed by atoms with E-state index >= 15 is 0 Å². The van der Waals surface area contributed by atoms with Gasteiger partial charge < -0.3 is 15.2 Å². The normalized spacial score (nSPS) is 30.8. The highest BCUT2D eigenvalue weighted by Crippen LogP contribution is 2.21. The third-order valence-corrected chi connectivity index (χ3v) is 3.04. The molecule has 2 atom stereocenters. The predicted molar refractivity (Wildman–Crippen MR) is 50.6 cm³/mol. The molecule has 1 rings (SSSR count). The van der Waals surface area contributed by atoms with Gasteiger partial charge in [-0.05, 0) is 0 Å². The lowest BCUT2D eigenvalue weighted by molar-refractivity contribution is 0.127. The van der Waals surface area contributed by atoms with Crippen molar-refractivity contribution in [3.63, 3.8) is 0 Å². The van der Waals surface area contributed by atoms with Gasteiger partial charge in [0.25, 0.3) is 0 Å². The van der Waals surface area contributed by atoms with Crippen LogP contribution in [0.4, 0.5) is 0 Å². The summed E-state index contributed by atoms with van der Waals surface area (Å²) in [7, 11) is 3.54. The van der Waals surface area contributed by atoms with Crippen LogP contribution >= 0.6 is 11.8 Å². The fourth-order valence-corrected chi connectivity index (χ4v) is 1.91. The zero-order chi connectivity index (χ0) is 8.97. The Morgan fingerprint density at radius 3 is 2.83 bits per heavy atom. The molecular weight excluding hydrogens is 176 g/mol. The van der Waals surface area contributed by atoms with Gasteiger partial charge in [-0.15, -0.1) is 0 Å². The van der Waals surface area contributed by atoms with E-state index in [0.717, 1.165) is 5.17 Å². The number of rotatable bonds is 1. The first kappa shape index (κ1) is 9.83. The Bertz CT molecular complexity index is 175. The molecule has 0 bridgehead atoms. The summed E-state index contributed by atoms with van der Waals surface area (Å²) in [6.07, 6.45) is -0.361. The minimum absolute atomic E-state index is 0.121. The van der Waals surface area contributed by atoms with Crippen molar-refractivity contribution in [1.82, 2.24) is 5.32 Å². The summed E-state index contributed by atoms with van der Waals surface area (Å²) in [6, 6.07) is 0. The number of nitrogens with zero attached hydrogens (tertiary/aromatic N) is 1. The van der Waals surface area contributed by atoms with E-state index in [0.29, 0.717) is 13.2 Å². The smallest absolute Gasteiger partial charge is 0.156 e. The highest BCUT2D eigenvalue weighted by molar-refractivity contribution is 8.14. The molecule has 0 amide bonds. The van der Waals surface area contributed by atoms with Crippen molar-refractivity contribution in [3.05, 3.63) is 0 Å². The van der Waals surface area contributed by atoms with Crippen LogP contribution in [-0.4, -0.2) is 48.9 Å². The van der Waals surface area contributed by atoms with Gasteiger partial charge in [0, 0.05) is 14.1 Å². The van der Waals surface area contributed by atoms with Crippen LogP contribution in [0.3, 0.4) is 0 Å². The average molecular weight is 190 g/mol. The lowest BCUT2D eigenvalue weighted by Crippen LogP contribution is -2.26. The van der Waals surface area contributed by atoms with Gasteiger partial charge in [-0.1, -0.05) is 11.8 Å². The van der Waals surface area contributed by atoms with Crippen LogP contribution in [0, 0.1) is 0 Å². The number of hydrogen-bond acceptors (Lipinski definition) is 4. The molecule has 0 saturated carbocycles. The maximum absolute atomic E-state index is 9.40. The third-order valence-electron chi connectivity index (χ3n) is 1.68. The first-order valence-corrected chi connectivity index (χ1v) is 4.73. The van der Waals surface area contributed by atoms with Crippen molar-refractivity contribution in [3.8, 4) is 0 Å². The molecule has 1 aliphatic heterocycles. The molecule has 0 aliphatic carbocycles. The largest absolute Gasteiger partial charge is 0.389 e. The van der Waals surface area contributed by atoms with Gasteiger partial charge in [0.1, 0.15) is 0 Å². The zero-order valence-corrected chi connectivity index (χ0v) is 8.10. The molecule has 0 radical (unpaired) electrons. The van der Waals surface area contributed by atoms with Crippen molar-refractivity contribution in [2.45, 2.75) is 11.4 Å². The minimum atomic E-state index is -0.361. The van der Waals surface area contributed by atoms with Gasteiger partial charge in [-0.3, -0.25) is 4.99 Å². The molecule has 2 N–H and O–H groups in total. The van der Waals surface area contributed by atoms with E-state index in [2.05, 4.69) is 10.3 Å². The first-order chi connectivity index (χ1) is 5.77. The molecule has 12 heavy (non-hydrogen) atoms. The molecule has 1 aliphatic rings. The van der Waals surface area contributed by atoms with E-state index in [1.165, 1.54) is 11.8 Å². The van der Waals surface area contributed by atoms with Crippen molar-refractivity contribution in [1.29, 1.82) is 0 Å². The third kappa shape index (κ3) is 2.36. The second kappa shape index (κ2) is 4.69. The zero-order valence-electron chi connectivity index (χ0n) is 7.28. The van der Waals surface area contributed by atoms with E-state index in [9.17, 15) is 5.11 Å². The van der Waals surface area contributed by atoms with Crippen LogP contribution < -0.4 is 5.32 Å². The molecule has 4 nitrogen and oxygen atoms in total. The second-order valence-corrected chi connectivity index (χ2v) is 3.77. The molecule has 2 unspecified atom stereocenters. The summed E-state index contributed by atoms with van der Waals surface area (Å²) >= 11 is 1.52. The molecule has 0 aromatic heterocycles. The van der Waals surface area contributed by atoms with E-state index < -0.39 is 0 Å². The SMILES string of the molecule is CN=C(NC)SC1COCC1O. The lowest BCUT2D eigenvalue weighted by atomic mass is 10.3. The highest BCUT2D eigenvalue weighted by Gasteiger charge is 2.27. The van der Waals surface area contributed by atoms with E-state index in [-0.39, 0.29) is 11.4 Å². The van der Waals surface area contributed by atoms with Gasteiger partial charge >= 0.3 is 0 Å². The van der Waals surface area contributed by atoms with E-state index in [4.69, 9.17) is 4.74 Å². The van der Waals surface area contributed by atoms with Gasteiger partial charge in [0.05, 0.1) is 24.6 Å². The first-order valence-electron chi connectivity index (χ1n) is 3.85. The van der Waals surface area contributed by atoms with Crippen LogP contribution in [-0.2, 0) is 4.74 Å². The van der Waals surface area contributed by atoms with Gasteiger partial charge in [-0.2, -0.15) is 0 Å². The number of nitrogens with one attached hydrogen (secondary N) is 1. The Kier molecular flexibility index (Phi) is 3.84. The summed E-state index contributed by atoms with van der Waals surface area (Å²) in [4.78, 5) is 4.01. The number of aliphatic hydroxyl groups is 1. The fraction of sp³-hybridized carbons (Fsp3) is 0.857. The van der Waals surface area contributed by atoms with Gasteiger partial charge in [0.15, 0.2) is 5.17 Å². The summed E-state index contributed by atoms with van der Waals surface area (Å²) in [5.41, 5.74) is 0. The summed E-state index contributed by atoms with van der Waals surface area (Å²) in [5.74, 6) is 0. The summed E-state index contributed by atoms with van der Waals surface area (Å²) in [5, 5.41) is 13.3. The van der Waals surface area contributed by atoms with Crippen molar-refractivity contribution in [2.75, 3.05) is 27.3 Å². The fourth-order valence-electron chi connectivity index (χ4n) is 1.00. The minimum Gasteiger partial charge on any atom is -0.389 e. The van der Waals surface area contributed by atoms with E-state index in [1.807, 2.05) is 7.05 Å². The summed E-state index contributed by atoms with van der Waals surface area (Å²) < 4.78 is 5.11. The standard InChI is InChI=1S/C7H14N2O2S/c1-8-7(9-2)12-6-4-11-3-5(6)10/h5-6,10H,3-4H2,1-2H3,(H,8,9). The number of thioether (sulfide) groups is 1. The van der Waals surface area contributed by atoms with Crippen molar-refractivity contribution >= 4 is 16.9 Å². The number of amidine groups is 1. The topological polar surface area (TPSA) is 53.9 Å². The Hall–Kier alpha value is -0.260. The monoisotopic (exact) mass is 190 g/mol.